The van der Waals surface area contributed by atoms with Crippen molar-refractivity contribution in [3.05, 3.63) is 28.1 Å². The molecule has 0 saturated heterocycles. The van der Waals surface area contributed by atoms with Gasteiger partial charge in [0.1, 0.15) is 0 Å². The molecule has 0 atom stereocenters. The number of carbonyl (C=O) groups excluding carboxylic acids is 2. The number of aromatic amines is 1. The van der Waals surface area contributed by atoms with Crippen LogP contribution in [0.3, 0.4) is 0 Å². The molecule has 0 spiro atoms. The summed E-state index contributed by atoms with van der Waals surface area (Å²) in [5.41, 5.74) is 0.00631. The number of nitrogens with zero attached hydrogens (tertiary/aromatic N) is 2. The maximum Gasteiger partial charge on any atom is 0.287 e. The van der Waals surface area contributed by atoms with Crippen molar-refractivity contribution in [1.82, 2.24) is 15.2 Å². The third-order valence-electron chi connectivity index (χ3n) is 2.71. The topological polar surface area (TPSA) is 108 Å². The van der Waals surface area contributed by atoms with Gasteiger partial charge in [0, 0.05) is 12.6 Å². The normalized spacial score (nSPS) is 10.9. The smallest absolute Gasteiger partial charge is 0.287 e. The Bertz CT molecular complexity index is 524. The van der Waals surface area contributed by atoms with E-state index in [1.54, 1.807) is 11.9 Å². The van der Waals surface area contributed by atoms with E-state index < -0.39 is 4.92 Å². The van der Waals surface area contributed by atoms with Crippen molar-refractivity contribution in [3.63, 3.8) is 0 Å². The molecule has 0 aliphatic heterocycles. The highest BCUT2D eigenvalue weighted by Crippen LogP contribution is 2.12. The number of amides is 1. The Morgan fingerprint density at radius 2 is 2.10 bits per heavy atom. The number of rotatable bonds is 8. The summed E-state index contributed by atoms with van der Waals surface area (Å²) in [5, 5.41) is 13.3. The second-order valence-electron chi connectivity index (χ2n) is 5.32. The first-order chi connectivity index (χ1) is 9.79. The molecular weight excluding hydrogens is 276 g/mol. The van der Waals surface area contributed by atoms with E-state index in [4.69, 9.17) is 0 Å². The lowest BCUT2D eigenvalue weighted by Gasteiger charge is -2.15. The number of likely N-dealkylation sites (N-methyl/N-ethyl adjacent to an activating group) is 1. The quantitative estimate of drug-likeness (QED) is 0.419. The molecule has 1 amide bonds. The van der Waals surface area contributed by atoms with Crippen LogP contribution in [0.2, 0.25) is 0 Å². The molecule has 1 rings (SSSR count). The highest BCUT2D eigenvalue weighted by atomic mass is 16.6. The lowest BCUT2D eigenvalue weighted by atomic mass is 10.2. The van der Waals surface area contributed by atoms with Crippen molar-refractivity contribution >= 4 is 17.4 Å². The standard InChI is InChI=1S/C13H20N4O4/c1-9(2)5-15-13(19)8-16(3)7-12(18)11-4-10(6-14-11)17(20)21/h4,6,9,14H,5,7-8H2,1-3H3,(H,15,19). The summed E-state index contributed by atoms with van der Waals surface area (Å²) >= 11 is 0. The number of Topliss-reactive ketones (excluding diaryl/α,β-unsaturated/α-hetero) is 1. The number of aromatic nitrogens is 1. The summed E-state index contributed by atoms with van der Waals surface area (Å²) in [5.74, 6) is -0.0981. The van der Waals surface area contributed by atoms with Gasteiger partial charge in [0.25, 0.3) is 5.69 Å². The van der Waals surface area contributed by atoms with E-state index in [9.17, 15) is 19.7 Å². The van der Waals surface area contributed by atoms with E-state index >= 15 is 0 Å². The van der Waals surface area contributed by atoms with Gasteiger partial charge in [-0.2, -0.15) is 0 Å². The minimum absolute atomic E-state index is 0.00671. The third-order valence-corrected chi connectivity index (χ3v) is 2.71. The second kappa shape index (κ2) is 7.53. The zero-order chi connectivity index (χ0) is 16.0. The molecule has 21 heavy (non-hydrogen) atoms. The molecule has 0 saturated carbocycles. The Balaban J connectivity index is 2.46. The molecule has 0 radical (unpaired) electrons. The Morgan fingerprint density at radius 1 is 1.43 bits per heavy atom. The van der Waals surface area contributed by atoms with Crippen LogP contribution in [0.4, 0.5) is 5.69 Å². The molecule has 1 aromatic heterocycles. The molecular formula is C13H20N4O4. The predicted molar refractivity (Wildman–Crippen MR) is 77.1 cm³/mol. The largest absolute Gasteiger partial charge is 0.355 e. The zero-order valence-corrected chi connectivity index (χ0v) is 12.4. The Morgan fingerprint density at radius 3 is 2.62 bits per heavy atom. The predicted octanol–water partition coefficient (Wildman–Crippen LogP) is 0.810. The molecule has 0 aromatic carbocycles. The van der Waals surface area contributed by atoms with Crippen LogP contribution in [0.25, 0.3) is 0 Å². The minimum atomic E-state index is -0.573. The fourth-order valence-corrected chi connectivity index (χ4v) is 1.65. The summed E-state index contributed by atoms with van der Waals surface area (Å²) < 4.78 is 0. The van der Waals surface area contributed by atoms with Crippen LogP contribution in [0.1, 0.15) is 24.3 Å². The average molecular weight is 296 g/mol. The van der Waals surface area contributed by atoms with Crippen molar-refractivity contribution in [3.8, 4) is 0 Å². The summed E-state index contributed by atoms with van der Waals surface area (Å²) in [4.78, 5) is 37.6. The Hall–Kier alpha value is -2.22. The maximum atomic E-state index is 11.9. The van der Waals surface area contributed by atoms with E-state index in [1.165, 1.54) is 12.3 Å². The van der Waals surface area contributed by atoms with E-state index in [-0.39, 0.29) is 36.2 Å². The van der Waals surface area contributed by atoms with E-state index in [0.717, 1.165) is 0 Å². The van der Waals surface area contributed by atoms with Gasteiger partial charge >= 0.3 is 0 Å². The highest BCUT2D eigenvalue weighted by Gasteiger charge is 2.17. The molecule has 116 valence electrons. The molecule has 0 fully saturated rings. The SMILES string of the molecule is CC(C)CNC(=O)CN(C)CC(=O)c1cc([N+](=O)[O-])c[nH]1. The molecule has 1 aromatic rings. The minimum Gasteiger partial charge on any atom is -0.355 e. The van der Waals surface area contributed by atoms with E-state index in [0.29, 0.717) is 12.5 Å². The van der Waals surface area contributed by atoms with Crippen LogP contribution in [-0.2, 0) is 4.79 Å². The Kier molecular flexibility index (Phi) is 6.04. The number of carbonyl (C=O) groups is 2. The van der Waals surface area contributed by atoms with Crippen LogP contribution in [0.5, 0.6) is 0 Å². The first-order valence-corrected chi connectivity index (χ1v) is 6.60. The van der Waals surface area contributed by atoms with Gasteiger partial charge in [-0.3, -0.25) is 24.6 Å². The van der Waals surface area contributed by atoms with Crippen LogP contribution < -0.4 is 5.32 Å². The van der Waals surface area contributed by atoms with Gasteiger partial charge in [-0.25, -0.2) is 0 Å². The monoisotopic (exact) mass is 296 g/mol. The summed E-state index contributed by atoms with van der Waals surface area (Å²) in [6, 6.07) is 1.19. The van der Waals surface area contributed by atoms with Gasteiger partial charge in [0.05, 0.1) is 29.9 Å². The lowest BCUT2D eigenvalue weighted by Crippen LogP contribution is -2.38. The summed E-state index contributed by atoms with van der Waals surface area (Å²) in [6.07, 6.45) is 1.17. The molecule has 0 unspecified atom stereocenters. The number of nitrogens with one attached hydrogen (secondary N) is 2. The van der Waals surface area contributed by atoms with E-state index in [2.05, 4.69) is 10.3 Å². The summed E-state index contributed by atoms with van der Waals surface area (Å²) in [7, 11) is 1.64. The van der Waals surface area contributed by atoms with Gasteiger partial charge in [-0.15, -0.1) is 0 Å². The number of H-pyrrole nitrogens is 1. The van der Waals surface area contributed by atoms with Gasteiger partial charge in [0.15, 0.2) is 5.78 Å². The Labute approximate surface area is 122 Å². The maximum absolute atomic E-state index is 11.9. The van der Waals surface area contributed by atoms with E-state index in [1.807, 2.05) is 13.8 Å². The molecule has 0 bridgehead atoms. The van der Waals surface area contributed by atoms with Crippen molar-refractivity contribution in [2.24, 2.45) is 5.92 Å². The number of hydrogen-bond donors (Lipinski definition) is 2. The van der Waals surface area contributed by atoms with Crippen LogP contribution in [-0.4, -0.2) is 53.2 Å². The van der Waals surface area contributed by atoms with Crippen molar-refractivity contribution < 1.29 is 14.5 Å². The van der Waals surface area contributed by atoms with Crippen molar-refractivity contribution in [1.29, 1.82) is 0 Å². The van der Waals surface area contributed by atoms with Crippen molar-refractivity contribution in [2.45, 2.75) is 13.8 Å². The molecule has 0 aliphatic carbocycles. The highest BCUT2D eigenvalue weighted by molar-refractivity contribution is 5.96. The van der Waals surface area contributed by atoms with Crippen LogP contribution >= 0.6 is 0 Å². The summed E-state index contributed by atoms with van der Waals surface area (Å²) in [6.45, 7) is 4.68. The molecule has 8 nitrogen and oxygen atoms in total. The van der Waals surface area contributed by atoms with Gasteiger partial charge in [0.2, 0.25) is 5.91 Å². The first kappa shape index (κ1) is 16.8. The number of hydrogen-bond acceptors (Lipinski definition) is 5. The third kappa shape index (κ3) is 5.74. The van der Waals surface area contributed by atoms with Crippen LogP contribution in [0.15, 0.2) is 12.3 Å². The number of nitro groups is 1. The van der Waals surface area contributed by atoms with Crippen molar-refractivity contribution in [2.75, 3.05) is 26.7 Å². The molecule has 8 heteroatoms. The van der Waals surface area contributed by atoms with Gasteiger partial charge < -0.3 is 10.3 Å². The second-order valence-corrected chi connectivity index (χ2v) is 5.32. The number of ketones is 1. The van der Waals surface area contributed by atoms with Gasteiger partial charge in [-0.1, -0.05) is 13.8 Å². The zero-order valence-electron chi connectivity index (χ0n) is 12.4. The first-order valence-electron chi connectivity index (χ1n) is 6.60. The fourth-order valence-electron chi connectivity index (χ4n) is 1.65. The fraction of sp³-hybridized carbons (Fsp3) is 0.538. The molecule has 0 aliphatic rings. The average Bonchev–Trinajstić information content (AvgIpc) is 2.85. The van der Waals surface area contributed by atoms with Crippen LogP contribution in [0, 0.1) is 16.0 Å². The van der Waals surface area contributed by atoms with Gasteiger partial charge in [-0.05, 0) is 13.0 Å². The molecule has 1 heterocycles. The molecule has 2 N–H and O–H groups in total. The lowest BCUT2D eigenvalue weighted by molar-refractivity contribution is -0.384.